The molecule has 0 saturated heterocycles. The number of allylic oxidation sites excluding steroid dienone is 1. The first-order valence-corrected chi connectivity index (χ1v) is 9.61. The summed E-state index contributed by atoms with van der Waals surface area (Å²) in [6.07, 6.45) is 15.1. The van der Waals surface area contributed by atoms with E-state index in [9.17, 15) is 0 Å². The molecule has 21 heavy (non-hydrogen) atoms. The van der Waals surface area contributed by atoms with Crippen molar-refractivity contribution in [2.75, 3.05) is 18.0 Å². The Bertz CT molecular complexity index is 369. The van der Waals surface area contributed by atoms with E-state index in [0.29, 0.717) is 0 Å². The van der Waals surface area contributed by atoms with Crippen molar-refractivity contribution >= 4 is 22.4 Å². The van der Waals surface area contributed by atoms with Gasteiger partial charge in [0, 0.05) is 18.0 Å². The molecule has 0 amide bonds. The summed E-state index contributed by atoms with van der Waals surface area (Å²) in [5.41, 5.74) is 0. The van der Waals surface area contributed by atoms with Crippen LogP contribution in [0.25, 0.3) is 6.08 Å². The Morgan fingerprint density at radius 3 is 2.05 bits per heavy atom. The Balaban J connectivity index is 2.51. The number of unbranched alkanes of at least 4 members (excludes halogenated alkanes) is 6. The summed E-state index contributed by atoms with van der Waals surface area (Å²) in [4.78, 5) is 3.99. The number of thiophene rings is 1. The fourth-order valence-electron chi connectivity index (χ4n) is 2.56. The monoisotopic (exact) mass is 307 g/mol. The van der Waals surface area contributed by atoms with Crippen molar-refractivity contribution < 1.29 is 0 Å². The highest BCUT2D eigenvalue weighted by Crippen LogP contribution is 2.28. The van der Waals surface area contributed by atoms with Crippen LogP contribution < -0.4 is 4.90 Å². The normalized spacial score (nSPS) is 11.4. The lowest BCUT2D eigenvalue weighted by molar-refractivity contribution is 0.611. The molecule has 1 heterocycles. The molecule has 0 fully saturated rings. The van der Waals surface area contributed by atoms with Gasteiger partial charge in [0.05, 0.1) is 5.00 Å². The Kier molecular flexibility index (Phi) is 10.3. The maximum atomic E-state index is 2.61. The van der Waals surface area contributed by atoms with E-state index in [-0.39, 0.29) is 0 Å². The fraction of sp³-hybridized carbons (Fsp3) is 0.684. The van der Waals surface area contributed by atoms with Crippen LogP contribution in [-0.4, -0.2) is 13.1 Å². The third-order valence-electron chi connectivity index (χ3n) is 3.82. The highest BCUT2D eigenvalue weighted by molar-refractivity contribution is 7.16. The lowest BCUT2D eigenvalue weighted by Crippen LogP contribution is -2.24. The van der Waals surface area contributed by atoms with Crippen molar-refractivity contribution in [3.63, 3.8) is 0 Å². The minimum absolute atomic E-state index is 1.22. The van der Waals surface area contributed by atoms with Gasteiger partial charge in [0.1, 0.15) is 0 Å². The van der Waals surface area contributed by atoms with Crippen LogP contribution in [0.15, 0.2) is 18.2 Å². The second-order valence-corrected chi connectivity index (χ2v) is 6.88. The molecule has 2 heteroatoms. The summed E-state index contributed by atoms with van der Waals surface area (Å²) in [5, 5.41) is 1.45. The smallest absolute Gasteiger partial charge is 0.0914 e. The summed E-state index contributed by atoms with van der Waals surface area (Å²) in [7, 11) is 0. The van der Waals surface area contributed by atoms with Gasteiger partial charge in [-0.25, -0.2) is 0 Å². The molecule has 0 aliphatic carbocycles. The predicted molar refractivity (Wildman–Crippen MR) is 99.5 cm³/mol. The molecule has 1 nitrogen and oxygen atoms in total. The van der Waals surface area contributed by atoms with E-state index >= 15 is 0 Å². The quantitative estimate of drug-likeness (QED) is 0.386. The number of anilines is 1. The van der Waals surface area contributed by atoms with Crippen LogP contribution in [-0.2, 0) is 0 Å². The van der Waals surface area contributed by atoms with Crippen LogP contribution >= 0.6 is 11.3 Å². The Morgan fingerprint density at radius 2 is 1.52 bits per heavy atom. The van der Waals surface area contributed by atoms with Crippen LogP contribution in [0.5, 0.6) is 0 Å². The average Bonchev–Trinajstić information content (AvgIpc) is 2.94. The van der Waals surface area contributed by atoms with Crippen molar-refractivity contribution in [2.24, 2.45) is 0 Å². The minimum Gasteiger partial charge on any atom is -0.363 e. The molecule has 0 atom stereocenters. The molecule has 0 N–H and O–H groups in total. The molecule has 1 aromatic heterocycles. The largest absolute Gasteiger partial charge is 0.363 e. The maximum absolute atomic E-state index is 2.61. The van der Waals surface area contributed by atoms with E-state index in [2.05, 4.69) is 50.0 Å². The summed E-state index contributed by atoms with van der Waals surface area (Å²) in [6, 6.07) is 4.56. The van der Waals surface area contributed by atoms with Crippen LogP contribution in [0.3, 0.4) is 0 Å². The number of rotatable bonds is 12. The fourth-order valence-corrected chi connectivity index (χ4v) is 3.59. The lowest BCUT2D eigenvalue weighted by atomic mass is 10.1. The molecular formula is C19H33NS. The molecule has 0 spiro atoms. The van der Waals surface area contributed by atoms with Crippen molar-refractivity contribution in [2.45, 2.75) is 72.1 Å². The molecule has 1 aromatic rings. The van der Waals surface area contributed by atoms with Gasteiger partial charge in [-0.05, 0) is 38.0 Å². The Hall–Kier alpha value is -0.760. The SMILES string of the molecule is C/C=C/c1ccc(N(CCCCCC)CCCCCC)s1. The van der Waals surface area contributed by atoms with Gasteiger partial charge in [-0.3, -0.25) is 0 Å². The molecular weight excluding hydrogens is 274 g/mol. The number of nitrogens with zero attached hydrogens (tertiary/aromatic N) is 1. The molecule has 0 bridgehead atoms. The summed E-state index contributed by atoms with van der Waals surface area (Å²) < 4.78 is 0. The zero-order valence-electron chi connectivity index (χ0n) is 14.2. The van der Waals surface area contributed by atoms with E-state index in [1.165, 1.54) is 74.3 Å². The van der Waals surface area contributed by atoms with E-state index < -0.39 is 0 Å². The predicted octanol–water partition coefficient (Wildman–Crippen LogP) is 6.75. The average molecular weight is 308 g/mol. The lowest BCUT2D eigenvalue weighted by Gasteiger charge is -2.23. The van der Waals surface area contributed by atoms with Crippen LogP contribution in [0.4, 0.5) is 5.00 Å². The first-order chi connectivity index (χ1) is 10.3. The van der Waals surface area contributed by atoms with Crippen LogP contribution in [0.1, 0.15) is 77.0 Å². The molecule has 0 saturated carbocycles. The van der Waals surface area contributed by atoms with E-state index in [1.807, 2.05) is 11.3 Å². The van der Waals surface area contributed by atoms with Gasteiger partial charge in [-0.15, -0.1) is 11.3 Å². The zero-order valence-corrected chi connectivity index (χ0v) is 15.1. The van der Waals surface area contributed by atoms with Gasteiger partial charge in [0.2, 0.25) is 0 Å². The van der Waals surface area contributed by atoms with Crippen LogP contribution in [0, 0.1) is 0 Å². The Morgan fingerprint density at radius 1 is 0.905 bits per heavy atom. The number of hydrogen-bond acceptors (Lipinski definition) is 2. The second kappa shape index (κ2) is 11.9. The third-order valence-corrected chi connectivity index (χ3v) is 4.93. The van der Waals surface area contributed by atoms with E-state index in [1.54, 1.807) is 0 Å². The zero-order chi connectivity index (χ0) is 15.3. The van der Waals surface area contributed by atoms with Gasteiger partial charge in [-0.1, -0.05) is 58.4 Å². The molecule has 120 valence electrons. The van der Waals surface area contributed by atoms with E-state index in [0.717, 1.165) is 0 Å². The van der Waals surface area contributed by atoms with Gasteiger partial charge >= 0.3 is 0 Å². The molecule has 0 aliphatic rings. The molecule has 0 unspecified atom stereocenters. The first kappa shape index (κ1) is 18.3. The molecule has 1 rings (SSSR count). The third kappa shape index (κ3) is 7.71. The van der Waals surface area contributed by atoms with Crippen molar-refractivity contribution in [3.05, 3.63) is 23.1 Å². The van der Waals surface area contributed by atoms with Gasteiger partial charge in [0.15, 0.2) is 0 Å². The van der Waals surface area contributed by atoms with Gasteiger partial charge in [0.25, 0.3) is 0 Å². The molecule has 0 aromatic carbocycles. The van der Waals surface area contributed by atoms with Crippen molar-refractivity contribution in [3.8, 4) is 0 Å². The maximum Gasteiger partial charge on any atom is 0.0914 e. The van der Waals surface area contributed by atoms with Crippen molar-refractivity contribution in [1.29, 1.82) is 0 Å². The Labute approximate surface area is 136 Å². The summed E-state index contributed by atoms with van der Waals surface area (Å²) >= 11 is 1.93. The summed E-state index contributed by atoms with van der Waals surface area (Å²) in [5.74, 6) is 0. The minimum atomic E-state index is 1.22. The first-order valence-electron chi connectivity index (χ1n) is 8.79. The molecule has 0 radical (unpaired) electrons. The van der Waals surface area contributed by atoms with E-state index in [4.69, 9.17) is 0 Å². The number of hydrogen-bond donors (Lipinski definition) is 0. The topological polar surface area (TPSA) is 3.24 Å². The summed E-state index contributed by atoms with van der Waals surface area (Å²) in [6.45, 7) is 9.10. The van der Waals surface area contributed by atoms with Crippen LogP contribution in [0.2, 0.25) is 0 Å². The molecule has 0 aliphatic heterocycles. The highest BCUT2D eigenvalue weighted by atomic mass is 32.1. The van der Waals surface area contributed by atoms with Gasteiger partial charge < -0.3 is 4.90 Å². The highest BCUT2D eigenvalue weighted by Gasteiger charge is 2.08. The standard InChI is InChI=1S/C19H33NS/c1-4-7-9-11-16-20(17-12-10-8-5-2)19-15-14-18(21-19)13-6-3/h6,13-15H,4-5,7-12,16-17H2,1-3H3/b13-6+. The van der Waals surface area contributed by atoms with Crippen molar-refractivity contribution in [1.82, 2.24) is 0 Å². The van der Waals surface area contributed by atoms with Gasteiger partial charge in [-0.2, -0.15) is 0 Å². The second-order valence-electron chi connectivity index (χ2n) is 5.78.